The molecule has 0 saturated heterocycles. The van der Waals surface area contributed by atoms with Gasteiger partial charge in [-0.05, 0) is 26.3 Å². The van der Waals surface area contributed by atoms with Crippen molar-refractivity contribution in [1.82, 2.24) is 14.9 Å². The number of carbonyl (C=O) groups is 1. The first-order valence-corrected chi connectivity index (χ1v) is 6.51. The largest absolute Gasteiger partial charge is 0.469 e. The van der Waals surface area contributed by atoms with Gasteiger partial charge in [0.1, 0.15) is 11.6 Å². The molecule has 1 aliphatic heterocycles. The van der Waals surface area contributed by atoms with Gasteiger partial charge in [-0.15, -0.1) is 0 Å². The SMILES string of the molecule is Cc1cn2c(n1)CC[C@@H](NC(=O)c1ccoc1C)C2. The van der Waals surface area contributed by atoms with E-state index in [1.165, 1.54) is 0 Å². The number of fused-ring (bicyclic) bond motifs is 1. The van der Waals surface area contributed by atoms with Gasteiger partial charge in [0.25, 0.3) is 5.91 Å². The molecule has 0 aliphatic carbocycles. The molecule has 0 spiro atoms. The Morgan fingerprint density at radius 2 is 2.37 bits per heavy atom. The molecule has 5 heteroatoms. The molecule has 1 aliphatic rings. The van der Waals surface area contributed by atoms with Crippen LogP contribution in [-0.2, 0) is 13.0 Å². The van der Waals surface area contributed by atoms with Gasteiger partial charge < -0.3 is 14.3 Å². The van der Waals surface area contributed by atoms with Crippen LogP contribution in [0.2, 0.25) is 0 Å². The van der Waals surface area contributed by atoms with Gasteiger partial charge >= 0.3 is 0 Å². The Kier molecular flexibility index (Phi) is 2.89. The van der Waals surface area contributed by atoms with Crippen molar-refractivity contribution < 1.29 is 9.21 Å². The molecule has 1 N–H and O–H groups in total. The van der Waals surface area contributed by atoms with Gasteiger partial charge in [0.2, 0.25) is 0 Å². The Balaban J connectivity index is 1.69. The quantitative estimate of drug-likeness (QED) is 0.895. The molecular formula is C14H17N3O2. The molecule has 19 heavy (non-hydrogen) atoms. The fraction of sp³-hybridized carbons (Fsp3) is 0.429. The lowest BCUT2D eigenvalue weighted by atomic mass is 10.1. The van der Waals surface area contributed by atoms with E-state index in [1.807, 2.05) is 13.1 Å². The topological polar surface area (TPSA) is 60.1 Å². The maximum atomic E-state index is 12.1. The zero-order valence-electron chi connectivity index (χ0n) is 11.1. The summed E-state index contributed by atoms with van der Waals surface area (Å²) < 4.78 is 7.29. The van der Waals surface area contributed by atoms with Crippen LogP contribution in [0, 0.1) is 13.8 Å². The highest BCUT2D eigenvalue weighted by molar-refractivity contribution is 5.95. The Morgan fingerprint density at radius 3 is 3.11 bits per heavy atom. The van der Waals surface area contributed by atoms with Crippen molar-refractivity contribution in [3.63, 3.8) is 0 Å². The van der Waals surface area contributed by atoms with Crippen molar-refractivity contribution in [3.8, 4) is 0 Å². The third-order valence-electron chi connectivity index (χ3n) is 3.55. The van der Waals surface area contributed by atoms with Gasteiger partial charge in [-0.1, -0.05) is 0 Å². The summed E-state index contributed by atoms with van der Waals surface area (Å²) in [7, 11) is 0. The highest BCUT2D eigenvalue weighted by atomic mass is 16.3. The first-order valence-electron chi connectivity index (χ1n) is 6.51. The molecule has 0 fully saturated rings. The second kappa shape index (κ2) is 4.57. The van der Waals surface area contributed by atoms with Gasteiger partial charge in [-0.3, -0.25) is 4.79 Å². The number of amides is 1. The van der Waals surface area contributed by atoms with E-state index < -0.39 is 0 Å². The van der Waals surface area contributed by atoms with Crippen molar-refractivity contribution >= 4 is 5.91 Å². The van der Waals surface area contributed by atoms with Crippen LogP contribution in [-0.4, -0.2) is 21.5 Å². The summed E-state index contributed by atoms with van der Waals surface area (Å²) in [6.45, 7) is 4.58. The van der Waals surface area contributed by atoms with Crippen LogP contribution in [0.25, 0.3) is 0 Å². The average Bonchev–Trinajstić information content (AvgIpc) is 2.93. The number of rotatable bonds is 2. The van der Waals surface area contributed by atoms with E-state index in [-0.39, 0.29) is 11.9 Å². The molecule has 1 atom stereocenters. The zero-order valence-corrected chi connectivity index (χ0v) is 11.1. The predicted molar refractivity (Wildman–Crippen MR) is 70.0 cm³/mol. The van der Waals surface area contributed by atoms with Gasteiger partial charge in [-0.2, -0.15) is 0 Å². The van der Waals surface area contributed by atoms with E-state index in [9.17, 15) is 4.79 Å². The Morgan fingerprint density at radius 1 is 1.53 bits per heavy atom. The van der Waals surface area contributed by atoms with Crippen LogP contribution in [0.1, 0.15) is 34.1 Å². The fourth-order valence-corrected chi connectivity index (χ4v) is 2.59. The van der Waals surface area contributed by atoms with E-state index in [2.05, 4.69) is 14.9 Å². The van der Waals surface area contributed by atoms with Crippen LogP contribution in [0.4, 0.5) is 0 Å². The number of nitrogens with one attached hydrogen (secondary N) is 1. The van der Waals surface area contributed by atoms with Crippen LogP contribution in [0.15, 0.2) is 22.9 Å². The molecule has 0 bridgehead atoms. The Labute approximate surface area is 111 Å². The third-order valence-corrected chi connectivity index (χ3v) is 3.55. The number of hydrogen-bond acceptors (Lipinski definition) is 3. The van der Waals surface area contributed by atoms with E-state index in [0.29, 0.717) is 11.3 Å². The number of imidazole rings is 1. The number of furan rings is 1. The van der Waals surface area contributed by atoms with Crippen molar-refractivity contribution in [2.24, 2.45) is 0 Å². The van der Waals surface area contributed by atoms with Crippen LogP contribution in [0.3, 0.4) is 0 Å². The Bertz CT molecular complexity index is 612. The van der Waals surface area contributed by atoms with Gasteiger partial charge in [0.15, 0.2) is 0 Å². The van der Waals surface area contributed by atoms with Crippen LogP contribution < -0.4 is 5.32 Å². The normalized spacial score (nSPS) is 18.1. The first kappa shape index (κ1) is 12.0. The highest BCUT2D eigenvalue weighted by Crippen LogP contribution is 2.16. The van der Waals surface area contributed by atoms with Crippen LogP contribution in [0.5, 0.6) is 0 Å². The number of aromatic nitrogens is 2. The second-order valence-electron chi connectivity index (χ2n) is 5.05. The monoisotopic (exact) mass is 259 g/mol. The van der Waals surface area contributed by atoms with Gasteiger partial charge in [-0.25, -0.2) is 4.98 Å². The average molecular weight is 259 g/mol. The number of aryl methyl sites for hydroxylation is 3. The Hall–Kier alpha value is -2.04. The summed E-state index contributed by atoms with van der Waals surface area (Å²) in [5.74, 6) is 1.71. The molecule has 0 aromatic carbocycles. The van der Waals surface area contributed by atoms with Crippen LogP contribution >= 0.6 is 0 Å². The smallest absolute Gasteiger partial charge is 0.255 e. The fourth-order valence-electron chi connectivity index (χ4n) is 2.59. The maximum absolute atomic E-state index is 12.1. The van der Waals surface area contributed by atoms with Gasteiger partial charge in [0, 0.05) is 25.2 Å². The highest BCUT2D eigenvalue weighted by Gasteiger charge is 2.22. The molecule has 100 valence electrons. The molecular weight excluding hydrogens is 242 g/mol. The molecule has 0 radical (unpaired) electrons. The lowest BCUT2D eigenvalue weighted by Crippen LogP contribution is -2.40. The molecule has 5 nitrogen and oxygen atoms in total. The van der Waals surface area contributed by atoms with Crippen molar-refractivity contribution in [2.45, 2.75) is 39.3 Å². The summed E-state index contributed by atoms with van der Waals surface area (Å²) in [6.07, 6.45) is 5.42. The maximum Gasteiger partial charge on any atom is 0.255 e. The van der Waals surface area contributed by atoms with Crippen molar-refractivity contribution in [1.29, 1.82) is 0 Å². The number of carbonyl (C=O) groups excluding carboxylic acids is 1. The lowest BCUT2D eigenvalue weighted by molar-refractivity contribution is 0.0926. The molecule has 2 aromatic heterocycles. The first-order chi connectivity index (χ1) is 9.13. The molecule has 1 amide bonds. The lowest BCUT2D eigenvalue weighted by Gasteiger charge is -2.24. The summed E-state index contributed by atoms with van der Waals surface area (Å²) in [5.41, 5.74) is 1.65. The van der Waals surface area contributed by atoms with E-state index in [0.717, 1.165) is 30.9 Å². The summed E-state index contributed by atoms with van der Waals surface area (Å²) >= 11 is 0. The van der Waals surface area contributed by atoms with E-state index in [1.54, 1.807) is 19.3 Å². The molecule has 0 unspecified atom stereocenters. The van der Waals surface area contributed by atoms with E-state index in [4.69, 9.17) is 4.42 Å². The van der Waals surface area contributed by atoms with Crippen molar-refractivity contribution in [3.05, 3.63) is 41.4 Å². The second-order valence-corrected chi connectivity index (χ2v) is 5.05. The molecule has 2 aromatic rings. The summed E-state index contributed by atoms with van der Waals surface area (Å²) in [4.78, 5) is 16.6. The third kappa shape index (κ3) is 2.28. The van der Waals surface area contributed by atoms with E-state index >= 15 is 0 Å². The van der Waals surface area contributed by atoms with Crippen molar-refractivity contribution in [2.75, 3.05) is 0 Å². The predicted octanol–water partition coefficient (Wildman–Crippen LogP) is 1.84. The minimum Gasteiger partial charge on any atom is -0.469 e. The molecule has 0 saturated carbocycles. The minimum absolute atomic E-state index is 0.0588. The molecule has 3 rings (SSSR count). The van der Waals surface area contributed by atoms with Gasteiger partial charge in [0.05, 0.1) is 17.5 Å². The summed E-state index contributed by atoms with van der Waals surface area (Å²) in [5, 5.41) is 3.06. The minimum atomic E-state index is -0.0588. The number of nitrogens with zero attached hydrogens (tertiary/aromatic N) is 2. The molecule has 3 heterocycles. The zero-order chi connectivity index (χ0) is 13.4. The summed E-state index contributed by atoms with van der Waals surface area (Å²) in [6, 6.07) is 1.86. The standard InChI is InChI=1S/C14H17N3O2/c1-9-7-17-8-11(3-4-13(17)15-9)16-14(18)12-5-6-19-10(12)2/h5-7,11H,3-4,8H2,1-2H3,(H,16,18)/t11-/m1/s1. The number of hydrogen-bond donors (Lipinski definition) is 1.